The van der Waals surface area contributed by atoms with Gasteiger partial charge in [0.25, 0.3) is 5.97 Å². The third-order valence-corrected chi connectivity index (χ3v) is 3.38. The van der Waals surface area contributed by atoms with E-state index in [1.54, 1.807) is 6.92 Å². The van der Waals surface area contributed by atoms with E-state index in [-0.39, 0.29) is 12.7 Å². The van der Waals surface area contributed by atoms with Gasteiger partial charge in [-0.15, -0.1) is 0 Å². The summed E-state index contributed by atoms with van der Waals surface area (Å²) in [7, 11) is 0. The van der Waals surface area contributed by atoms with Gasteiger partial charge in [-0.2, -0.15) is 0 Å². The number of hydrogen-bond donors (Lipinski definition) is 2. The molecule has 2 aromatic rings. The van der Waals surface area contributed by atoms with Gasteiger partial charge in [0, 0.05) is 25.5 Å². The summed E-state index contributed by atoms with van der Waals surface area (Å²) in [6.45, 7) is 7.14. The number of aliphatic carboxylic acids is 1. The second kappa shape index (κ2) is 8.94. The van der Waals surface area contributed by atoms with Crippen LogP contribution in [-0.4, -0.2) is 28.8 Å². The van der Waals surface area contributed by atoms with Crippen LogP contribution in [-0.2, 0) is 9.59 Å². The van der Waals surface area contributed by atoms with Gasteiger partial charge in [0.1, 0.15) is 0 Å². The Labute approximate surface area is 138 Å². The van der Waals surface area contributed by atoms with Crippen LogP contribution in [0.15, 0.2) is 12.1 Å². The first kappa shape index (κ1) is 18.7. The fraction of sp³-hybridized carbons (Fsp3) is 0.400. The molecule has 0 saturated carbocycles. The van der Waals surface area contributed by atoms with E-state index >= 15 is 0 Å². The van der Waals surface area contributed by atoms with Crippen LogP contribution in [0.2, 0.25) is 0 Å². The van der Waals surface area contributed by atoms with Gasteiger partial charge in [-0.3, -0.25) is 9.59 Å². The molecular weight excluding hydrogens is 320 g/mol. The van der Waals surface area contributed by atoms with E-state index in [9.17, 15) is 4.79 Å². The Hall–Kier alpha value is -2.35. The number of nitrogens with zero attached hydrogens (tertiary/aromatic N) is 1. The molecule has 0 fully saturated rings. The summed E-state index contributed by atoms with van der Waals surface area (Å²) in [6, 6.07) is 3.71. The highest BCUT2D eigenvalue weighted by Crippen LogP contribution is 2.38. The van der Waals surface area contributed by atoms with Crippen molar-refractivity contribution < 1.29 is 24.2 Å². The first-order valence-corrected chi connectivity index (χ1v) is 8.00. The van der Waals surface area contributed by atoms with Gasteiger partial charge in [0.05, 0.1) is 10.2 Å². The Bertz CT molecular complexity index is 639. The number of nitrogens with one attached hydrogen (secondary N) is 1. The number of carbonyl (C=O) groups is 2. The Morgan fingerprint density at radius 1 is 1.30 bits per heavy atom. The number of benzene rings is 1. The van der Waals surface area contributed by atoms with E-state index in [0.717, 1.165) is 22.9 Å². The lowest BCUT2D eigenvalue weighted by atomic mass is 10.3. The number of amides is 1. The van der Waals surface area contributed by atoms with Gasteiger partial charge in [0.15, 0.2) is 16.6 Å². The van der Waals surface area contributed by atoms with Crippen molar-refractivity contribution >= 4 is 38.6 Å². The number of rotatable bonds is 2. The molecule has 1 aromatic heterocycles. The highest BCUT2D eigenvalue weighted by molar-refractivity contribution is 7.22. The van der Waals surface area contributed by atoms with Gasteiger partial charge in [-0.1, -0.05) is 32.1 Å². The zero-order valence-electron chi connectivity index (χ0n) is 13.5. The average molecular weight is 340 g/mol. The molecule has 0 saturated heterocycles. The quantitative estimate of drug-likeness (QED) is 0.868. The molecule has 2 N–H and O–H groups in total. The highest BCUT2D eigenvalue weighted by Gasteiger charge is 2.16. The Morgan fingerprint density at radius 2 is 1.87 bits per heavy atom. The van der Waals surface area contributed by atoms with Crippen LogP contribution in [0.25, 0.3) is 10.2 Å². The first-order valence-electron chi connectivity index (χ1n) is 7.19. The maximum Gasteiger partial charge on any atom is 0.300 e. The SMILES string of the molecule is CC.CC(=O)O.CCC(=O)Nc1nc2cc3c(cc2s1)OCO3. The van der Waals surface area contributed by atoms with Crippen molar-refractivity contribution in [3.63, 3.8) is 0 Å². The second-order valence-electron chi connectivity index (χ2n) is 4.11. The van der Waals surface area contributed by atoms with E-state index in [1.807, 2.05) is 26.0 Å². The molecular formula is C15H20N2O5S. The van der Waals surface area contributed by atoms with Gasteiger partial charge >= 0.3 is 0 Å². The standard InChI is InChI=1S/C11H10N2O3S.C2H4O2.C2H6/c1-2-10(14)13-11-12-6-3-7-8(16-5-15-7)4-9(6)17-11;1-2(3)4;1-2/h3-4H,2,5H2,1H3,(H,12,13,14);1H3,(H,3,4);1-2H3. The molecule has 8 heteroatoms. The van der Waals surface area contributed by atoms with Gasteiger partial charge in [-0.25, -0.2) is 4.98 Å². The molecule has 7 nitrogen and oxygen atoms in total. The number of ether oxygens (including phenoxy) is 2. The molecule has 23 heavy (non-hydrogen) atoms. The zero-order valence-corrected chi connectivity index (χ0v) is 14.3. The maximum atomic E-state index is 11.3. The van der Waals surface area contributed by atoms with Crippen LogP contribution < -0.4 is 14.8 Å². The molecule has 0 bridgehead atoms. The minimum atomic E-state index is -0.833. The Morgan fingerprint density at radius 3 is 2.43 bits per heavy atom. The summed E-state index contributed by atoms with van der Waals surface area (Å²) in [4.78, 5) is 24.6. The summed E-state index contributed by atoms with van der Waals surface area (Å²) in [5, 5.41) is 10.8. The number of fused-ring (bicyclic) bond motifs is 2. The van der Waals surface area contributed by atoms with Gasteiger partial charge < -0.3 is 19.9 Å². The first-order chi connectivity index (χ1) is 11.0. The summed E-state index contributed by atoms with van der Waals surface area (Å²) in [5.74, 6) is 0.565. The molecule has 0 aliphatic carbocycles. The molecule has 1 amide bonds. The number of thiazole rings is 1. The van der Waals surface area contributed by atoms with E-state index in [2.05, 4.69) is 10.3 Å². The molecule has 1 aliphatic heterocycles. The third-order valence-electron chi connectivity index (χ3n) is 2.45. The Balaban J connectivity index is 0.000000388. The second-order valence-corrected chi connectivity index (χ2v) is 5.14. The van der Waals surface area contributed by atoms with E-state index in [4.69, 9.17) is 19.4 Å². The lowest BCUT2D eigenvalue weighted by Crippen LogP contribution is -2.08. The predicted molar refractivity (Wildman–Crippen MR) is 89.3 cm³/mol. The number of anilines is 1. The molecule has 0 radical (unpaired) electrons. The summed E-state index contributed by atoms with van der Waals surface area (Å²) < 4.78 is 11.5. The van der Waals surface area contributed by atoms with Crippen LogP contribution in [0.5, 0.6) is 11.5 Å². The molecule has 0 unspecified atom stereocenters. The normalized spacial score (nSPS) is 11.0. The summed E-state index contributed by atoms with van der Waals surface area (Å²) >= 11 is 1.43. The van der Waals surface area contributed by atoms with E-state index < -0.39 is 5.97 Å². The summed E-state index contributed by atoms with van der Waals surface area (Å²) in [6.07, 6.45) is 0.443. The fourth-order valence-electron chi connectivity index (χ4n) is 1.58. The molecule has 126 valence electrons. The number of aromatic nitrogens is 1. The number of carbonyl (C=O) groups excluding carboxylic acids is 1. The van der Waals surface area contributed by atoms with E-state index in [0.29, 0.717) is 17.3 Å². The number of hydrogen-bond acceptors (Lipinski definition) is 6. The third kappa shape index (κ3) is 5.41. The molecule has 3 rings (SSSR count). The largest absolute Gasteiger partial charge is 0.481 e. The molecule has 2 heterocycles. The number of carboxylic acids is 1. The summed E-state index contributed by atoms with van der Waals surface area (Å²) in [5.41, 5.74) is 0.811. The lowest BCUT2D eigenvalue weighted by molar-refractivity contribution is -0.134. The van der Waals surface area contributed by atoms with Crippen molar-refractivity contribution in [3.8, 4) is 11.5 Å². The monoisotopic (exact) mass is 340 g/mol. The zero-order chi connectivity index (χ0) is 17.4. The van der Waals surface area contributed by atoms with Crippen molar-refractivity contribution in [2.75, 3.05) is 12.1 Å². The van der Waals surface area contributed by atoms with Gasteiger partial charge in [0.2, 0.25) is 12.7 Å². The number of carboxylic acid groups (broad SMARTS) is 1. The Kier molecular flexibility index (Phi) is 7.27. The highest BCUT2D eigenvalue weighted by atomic mass is 32.1. The maximum absolute atomic E-state index is 11.3. The topological polar surface area (TPSA) is 97.8 Å². The van der Waals surface area contributed by atoms with Crippen molar-refractivity contribution in [1.82, 2.24) is 4.98 Å². The van der Waals surface area contributed by atoms with Gasteiger partial charge in [-0.05, 0) is 0 Å². The van der Waals surface area contributed by atoms with Crippen LogP contribution >= 0.6 is 11.3 Å². The molecule has 1 aromatic carbocycles. The minimum Gasteiger partial charge on any atom is -0.481 e. The lowest BCUT2D eigenvalue weighted by Gasteiger charge is -1.95. The molecule has 0 atom stereocenters. The van der Waals surface area contributed by atoms with Crippen molar-refractivity contribution in [1.29, 1.82) is 0 Å². The van der Waals surface area contributed by atoms with Crippen molar-refractivity contribution in [2.45, 2.75) is 34.1 Å². The average Bonchev–Trinajstić information content (AvgIpc) is 3.10. The van der Waals surface area contributed by atoms with Crippen LogP contribution in [0.3, 0.4) is 0 Å². The molecule has 0 spiro atoms. The fourth-order valence-corrected chi connectivity index (χ4v) is 2.47. The van der Waals surface area contributed by atoms with E-state index in [1.165, 1.54) is 11.3 Å². The van der Waals surface area contributed by atoms with Crippen LogP contribution in [0, 0.1) is 0 Å². The smallest absolute Gasteiger partial charge is 0.300 e. The minimum absolute atomic E-state index is 0.0379. The molecule has 1 aliphatic rings. The predicted octanol–water partition coefficient (Wildman–Crippen LogP) is 3.49. The van der Waals surface area contributed by atoms with Crippen LogP contribution in [0.1, 0.15) is 34.1 Å². The van der Waals surface area contributed by atoms with Crippen molar-refractivity contribution in [2.24, 2.45) is 0 Å². The van der Waals surface area contributed by atoms with Crippen LogP contribution in [0.4, 0.5) is 5.13 Å². The van der Waals surface area contributed by atoms with Crippen molar-refractivity contribution in [3.05, 3.63) is 12.1 Å².